The maximum absolute atomic E-state index is 12.4. The van der Waals surface area contributed by atoms with Crippen LogP contribution in [0.15, 0.2) is 47.3 Å². The lowest BCUT2D eigenvalue weighted by molar-refractivity contribution is 0.0924. The van der Waals surface area contributed by atoms with E-state index in [1.54, 1.807) is 16.2 Å². The first-order valence-electron chi connectivity index (χ1n) is 7.99. The van der Waals surface area contributed by atoms with E-state index in [1.807, 2.05) is 50.2 Å². The second kappa shape index (κ2) is 6.53. The van der Waals surface area contributed by atoms with Crippen LogP contribution in [-0.2, 0) is 13.6 Å². The molecule has 0 aliphatic carbocycles. The van der Waals surface area contributed by atoms with E-state index in [-0.39, 0.29) is 18.8 Å². The Morgan fingerprint density at radius 3 is 2.38 bits per heavy atom. The average molecular weight is 326 g/mol. The van der Waals surface area contributed by atoms with Gasteiger partial charge in [0.25, 0.3) is 0 Å². The van der Waals surface area contributed by atoms with Crippen LogP contribution in [0.4, 0.5) is 0 Å². The quantitative estimate of drug-likeness (QED) is 0.783. The molecule has 0 bridgehead atoms. The molecule has 0 saturated heterocycles. The van der Waals surface area contributed by atoms with Crippen molar-refractivity contribution < 1.29 is 9.84 Å². The van der Waals surface area contributed by atoms with Crippen LogP contribution in [0, 0.1) is 13.8 Å². The van der Waals surface area contributed by atoms with Gasteiger partial charge in [-0.1, -0.05) is 18.2 Å². The van der Waals surface area contributed by atoms with Gasteiger partial charge in [0.2, 0.25) is 0 Å². The standard InChI is InChI=1S/C19H22N2O3/c1-13-8-14(2)10-16(9-13)24-12-15(22)11-21-18-7-5-4-6-17(18)20(3)19(21)23/h4-10,15,22H,11-12H2,1-3H3/t15-/m1/s1. The maximum Gasteiger partial charge on any atom is 0.328 e. The van der Waals surface area contributed by atoms with Crippen molar-refractivity contribution in [3.05, 3.63) is 64.1 Å². The molecule has 24 heavy (non-hydrogen) atoms. The van der Waals surface area contributed by atoms with Crippen molar-refractivity contribution in [2.24, 2.45) is 7.05 Å². The fraction of sp³-hybridized carbons (Fsp3) is 0.316. The van der Waals surface area contributed by atoms with E-state index >= 15 is 0 Å². The number of nitrogens with zero attached hydrogens (tertiary/aromatic N) is 2. The minimum atomic E-state index is -0.769. The third-order valence-corrected chi connectivity index (χ3v) is 4.08. The van der Waals surface area contributed by atoms with Crippen molar-refractivity contribution in [3.63, 3.8) is 0 Å². The number of hydrogen-bond acceptors (Lipinski definition) is 3. The summed E-state index contributed by atoms with van der Waals surface area (Å²) in [5.41, 5.74) is 3.76. The first-order chi connectivity index (χ1) is 11.5. The number of ether oxygens (including phenoxy) is 1. The van der Waals surface area contributed by atoms with Crippen molar-refractivity contribution in [2.45, 2.75) is 26.5 Å². The Balaban J connectivity index is 1.75. The molecule has 5 nitrogen and oxygen atoms in total. The monoisotopic (exact) mass is 326 g/mol. The fourth-order valence-corrected chi connectivity index (χ4v) is 3.01. The molecule has 0 radical (unpaired) electrons. The first-order valence-corrected chi connectivity index (χ1v) is 7.99. The summed E-state index contributed by atoms with van der Waals surface area (Å²) in [6, 6.07) is 13.5. The van der Waals surface area contributed by atoms with E-state index in [9.17, 15) is 9.90 Å². The minimum Gasteiger partial charge on any atom is -0.491 e. The second-order valence-electron chi connectivity index (χ2n) is 6.23. The Bertz CT molecular complexity index is 904. The summed E-state index contributed by atoms with van der Waals surface area (Å²) < 4.78 is 8.87. The molecule has 0 fully saturated rings. The van der Waals surface area contributed by atoms with E-state index in [1.165, 1.54) is 0 Å². The molecular formula is C19H22N2O3. The zero-order valence-electron chi connectivity index (χ0n) is 14.2. The molecule has 1 atom stereocenters. The van der Waals surface area contributed by atoms with Crippen molar-refractivity contribution >= 4 is 11.0 Å². The summed E-state index contributed by atoms with van der Waals surface area (Å²) in [6.45, 7) is 4.35. The number of para-hydroxylation sites is 2. The summed E-state index contributed by atoms with van der Waals surface area (Å²) >= 11 is 0. The van der Waals surface area contributed by atoms with Gasteiger partial charge in [-0.3, -0.25) is 9.13 Å². The number of benzene rings is 2. The zero-order valence-corrected chi connectivity index (χ0v) is 14.2. The zero-order chi connectivity index (χ0) is 17.3. The van der Waals surface area contributed by atoms with Gasteiger partial charge >= 0.3 is 5.69 Å². The lowest BCUT2D eigenvalue weighted by Gasteiger charge is -2.14. The summed E-state index contributed by atoms with van der Waals surface area (Å²) in [7, 11) is 1.74. The van der Waals surface area contributed by atoms with Crippen molar-refractivity contribution in [1.29, 1.82) is 0 Å². The predicted molar refractivity (Wildman–Crippen MR) is 94.6 cm³/mol. The number of fused-ring (bicyclic) bond motifs is 1. The number of hydrogen-bond donors (Lipinski definition) is 1. The van der Waals surface area contributed by atoms with E-state index in [4.69, 9.17) is 4.74 Å². The van der Waals surface area contributed by atoms with Gasteiger partial charge in [-0.15, -0.1) is 0 Å². The molecule has 5 heteroatoms. The molecule has 0 amide bonds. The Morgan fingerprint density at radius 1 is 1.08 bits per heavy atom. The number of aromatic nitrogens is 2. The van der Waals surface area contributed by atoms with Crippen LogP contribution in [-0.4, -0.2) is 27.0 Å². The van der Waals surface area contributed by atoms with E-state index < -0.39 is 6.10 Å². The summed E-state index contributed by atoms with van der Waals surface area (Å²) in [6.07, 6.45) is -0.769. The minimum absolute atomic E-state index is 0.137. The van der Waals surface area contributed by atoms with Gasteiger partial charge in [0.1, 0.15) is 18.5 Å². The number of imidazole rings is 1. The van der Waals surface area contributed by atoms with Crippen LogP contribution in [0.1, 0.15) is 11.1 Å². The van der Waals surface area contributed by atoms with Gasteiger partial charge in [0.15, 0.2) is 0 Å². The lowest BCUT2D eigenvalue weighted by atomic mass is 10.1. The molecule has 1 heterocycles. The molecule has 3 aromatic rings. The highest BCUT2D eigenvalue weighted by Gasteiger charge is 2.14. The van der Waals surface area contributed by atoms with Crippen molar-refractivity contribution in [2.75, 3.05) is 6.61 Å². The van der Waals surface area contributed by atoms with Gasteiger partial charge in [0, 0.05) is 7.05 Å². The average Bonchev–Trinajstić information content (AvgIpc) is 2.78. The second-order valence-corrected chi connectivity index (χ2v) is 6.23. The molecule has 0 saturated carbocycles. The Kier molecular flexibility index (Phi) is 4.44. The molecule has 3 rings (SSSR count). The molecule has 0 unspecified atom stereocenters. The fourth-order valence-electron chi connectivity index (χ4n) is 3.01. The van der Waals surface area contributed by atoms with Gasteiger partial charge in [0.05, 0.1) is 17.6 Å². The van der Waals surface area contributed by atoms with Crippen LogP contribution in [0.5, 0.6) is 5.75 Å². The molecule has 1 N–H and O–H groups in total. The number of aliphatic hydroxyl groups is 1. The summed E-state index contributed by atoms with van der Waals surface area (Å²) in [5.74, 6) is 0.733. The predicted octanol–water partition coefficient (Wildman–Crippen LogP) is 2.40. The third kappa shape index (κ3) is 3.21. The molecule has 0 spiro atoms. The Labute approximate surface area is 140 Å². The van der Waals surface area contributed by atoms with Crippen molar-refractivity contribution in [3.8, 4) is 5.75 Å². The highest BCUT2D eigenvalue weighted by Crippen LogP contribution is 2.17. The molecule has 1 aromatic heterocycles. The highest BCUT2D eigenvalue weighted by atomic mass is 16.5. The third-order valence-electron chi connectivity index (χ3n) is 4.08. The molecule has 2 aromatic carbocycles. The first kappa shape index (κ1) is 16.3. The molecular weight excluding hydrogens is 304 g/mol. The molecule has 0 aliphatic rings. The molecule has 0 aliphatic heterocycles. The maximum atomic E-state index is 12.4. The van der Waals surface area contributed by atoms with Crippen LogP contribution in [0.2, 0.25) is 0 Å². The summed E-state index contributed by atoms with van der Waals surface area (Å²) in [4.78, 5) is 12.4. The van der Waals surface area contributed by atoms with E-state index in [2.05, 4.69) is 6.07 Å². The smallest absolute Gasteiger partial charge is 0.328 e. The highest BCUT2D eigenvalue weighted by molar-refractivity contribution is 5.75. The van der Waals surface area contributed by atoms with Crippen LogP contribution in [0.25, 0.3) is 11.0 Å². The largest absolute Gasteiger partial charge is 0.491 e. The van der Waals surface area contributed by atoms with Crippen LogP contribution >= 0.6 is 0 Å². The SMILES string of the molecule is Cc1cc(C)cc(OC[C@H](O)Cn2c(=O)n(C)c3ccccc32)c1. The number of rotatable bonds is 5. The van der Waals surface area contributed by atoms with Gasteiger partial charge in [-0.25, -0.2) is 4.79 Å². The van der Waals surface area contributed by atoms with E-state index in [0.29, 0.717) is 0 Å². The lowest BCUT2D eigenvalue weighted by Crippen LogP contribution is -2.30. The van der Waals surface area contributed by atoms with E-state index in [0.717, 1.165) is 27.9 Å². The van der Waals surface area contributed by atoms with Crippen LogP contribution in [0.3, 0.4) is 0 Å². The Morgan fingerprint density at radius 2 is 1.71 bits per heavy atom. The van der Waals surface area contributed by atoms with Gasteiger partial charge < -0.3 is 9.84 Å². The number of aryl methyl sites for hydroxylation is 3. The van der Waals surface area contributed by atoms with Crippen molar-refractivity contribution in [1.82, 2.24) is 9.13 Å². The van der Waals surface area contributed by atoms with Gasteiger partial charge in [-0.05, 0) is 49.2 Å². The Hall–Kier alpha value is -2.53. The normalized spacial score (nSPS) is 12.5. The molecule has 126 valence electrons. The topological polar surface area (TPSA) is 56.4 Å². The van der Waals surface area contributed by atoms with Crippen LogP contribution < -0.4 is 10.4 Å². The van der Waals surface area contributed by atoms with Gasteiger partial charge in [-0.2, -0.15) is 0 Å². The summed E-state index contributed by atoms with van der Waals surface area (Å²) in [5, 5.41) is 10.3. The number of aliphatic hydroxyl groups excluding tert-OH is 1.